The molecule has 0 N–H and O–H groups in total. The Balaban J connectivity index is 1.51. The Hall–Kier alpha value is -4.04. The molecule has 0 spiro atoms. The molecule has 0 unspecified atom stereocenters. The van der Waals surface area contributed by atoms with E-state index in [-0.39, 0.29) is 0 Å². The van der Waals surface area contributed by atoms with Crippen molar-refractivity contribution in [3.63, 3.8) is 0 Å². The largest absolute Gasteiger partial charge is 0.456 e. The highest BCUT2D eigenvalue weighted by Crippen LogP contribution is 2.38. The van der Waals surface area contributed by atoms with Gasteiger partial charge >= 0.3 is 0 Å². The van der Waals surface area contributed by atoms with Crippen LogP contribution < -0.4 is 5.46 Å². The average Bonchev–Trinajstić information content (AvgIpc) is 3.20. The van der Waals surface area contributed by atoms with Crippen LogP contribution in [0.25, 0.3) is 65.4 Å². The van der Waals surface area contributed by atoms with Crippen LogP contribution >= 0.6 is 0 Å². The Kier molecular flexibility index (Phi) is 3.57. The first kappa shape index (κ1) is 17.6. The fraction of sp³-hybridized carbons (Fsp3) is 0. The fourth-order valence-corrected chi connectivity index (χ4v) is 5.15. The third-order valence-corrected chi connectivity index (χ3v) is 6.71. The van der Waals surface area contributed by atoms with Crippen LogP contribution in [0.1, 0.15) is 0 Å². The Morgan fingerprint density at radius 2 is 0.875 bits per heavy atom. The predicted octanol–water partition coefficient (Wildman–Crippen LogP) is 6.97. The lowest BCUT2D eigenvalue weighted by Crippen LogP contribution is -1.98. The van der Waals surface area contributed by atoms with Gasteiger partial charge in [0.25, 0.3) is 0 Å². The molecule has 0 aliphatic heterocycles. The van der Waals surface area contributed by atoms with E-state index in [1.54, 1.807) is 0 Å². The summed E-state index contributed by atoms with van der Waals surface area (Å²) in [4.78, 5) is 0. The maximum atomic E-state index is 6.21. The van der Waals surface area contributed by atoms with E-state index in [1.807, 2.05) is 0 Å². The molecule has 0 radical (unpaired) electrons. The van der Waals surface area contributed by atoms with E-state index >= 15 is 0 Å². The smallest absolute Gasteiger partial charge is 0.139 e. The minimum Gasteiger partial charge on any atom is -0.456 e. The van der Waals surface area contributed by atoms with Crippen molar-refractivity contribution in [2.45, 2.75) is 0 Å². The van der Waals surface area contributed by atoms with E-state index in [0.29, 0.717) is 0 Å². The van der Waals surface area contributed by atoms with Crippen molar-refractivity contribution < 1.29 is 4.42 Å². The molecular weight excluding hydrogens is 387 g/mol. The minimum absolute atomic E-state index is 0.937. The van der Waals surface area contributed by atoms with Gasteiger partial charge in [0.2, 0.25) is 0 Å². The lowest BCUT2D eigenvalue weighted by Gasteiger charge is -2.12. The summed E-state index contributed by atoms with van der Waals surface area (Å²) in [5.74, 6) is 0. The molecular formula is C30H19BO. The molecule has 32 heavy (non-hydrogen) atoms. The van der Waals surface area contributed by atoms with E-state index in [9.17, 15) is 0 Å². The van der Waals surface area contributed by atoms with Crippen LogP contribution in [0.15, 0.2) is 108 Å². The molecule has 1 heterocycles. The molecule has 2 heteroatoms. The van der Waals surface area contributed by atoms with Crippen LogP contribution in [-0.2, 0) is 0 Å². The molecule has 148 valence electrons. The van der Waals surface area contributed by atoms with Crippen LogP contribution in [0.3, 0.4) is 0 Å². The zero-order valence-electron chi connectivity index (χ0n) is 17.7. The van der Waals surface area contributed by atoms with Gasteiger partial charge in [-0.15, -0.1) is 0 Å². The van der Waals surface area contributed by atoms with E-state index in [0.717, 1.165) is 11.2 Å². The third kappa shape index (κ3) is 2.47. The maximum absolute atomic E-state index is 6.21. The van der Waals surface area contributed by atoms with Gasteiger partial charge in [-0.25, -0.2) is 0 Å². The normalized spacial score (nSPS) is 11.9. The second-order valence-corrected chi connectivity index (χ2v) is 8.66. The Morgan fingerprint density at radius 3 is 1.53 bits per heavy atom. The number of benzene rings is 6. The lowest BCUT2D eigenvalue weighted by molar-refractivity contribution is 0.669. The van der Waals surface area contributed by atoms with E-state index in [4.69, 9.17) is 4.42 Å². The van der Waals surface area contributed by atoms with E-state index in [2.05, 4.69) is 111 Å². The molecule has 0 amide bonds. The summed E-state index contributed by atoms with van der Waals surface area (Å²) in [5, 5.41) is 10.1. The molecule has 7 aromatic rings. The molecule has 0 atom stereocenters. The topological polar surface area (TPSA) is 13.1 Å². The minimum atomic E-state index is 0.937. The molecule has 0 aliphatic rings. The summed E-state index contributed by atoms with van der Waals surface area (Å²) in [5.41, 5.74) is 5.48. The zero-order valence-corrected chi connectivity index (χ0v) is 17.7. The summed E-state index contributed by atoms with van der Waals surface area (Å²) >= 11 is 0. The van der Waals surface area contributed by atoms with E-state index < -0.39 is 0 Å². The first-order valence-electron chi connectivity index (χ1n) is 11.0. The first-order chi connectivity index (χ1) is 15.8. The average molecular weight is 406 g/mol. The van der Waals surface area contributed by atoms with Gasteiger partial charge in [0.05, 0.1) is 0 Å². The van der Waals surface area contributed by atoms with Gasteiger partial charge in [0.15, 0.2) is 0 Å². The summed E-state index contributed by atoms with van der Waals surface area (Å²) in [6.45, 7) is 0. The Morgan fingerprint density at radius 1 is 0.406 bits per heavy atom. The molecule has 1 aromatic heterocycles. The fourth-order valence-electron chi connectivity index (χ4n) is 5.15. The van der Waals surface area contributed by atoms with Gasteiger partial charge in [0.1, 0.15) is 19.0 Å². The summed E-state index contributed by atoms with van der Waals surface area (Å²) < 4.78 is 6.21. The highest BCUT2D eigenvalue weighted by atomic mass is 16.3. The van der Waals surface area contributed by atoms with Gasteiger partial charge in [-0.05, 0) is 67.7 Å². The van der Waals surface area contributed by atoms with Crippen LogP contribution in [0.4, 0.5) is 0 Å². The Labute approximate surface area is 186 Å². The monoisotopic (exact) mass is 406 g/mol. The number of hydrogen-bond donors (Lipinski definition) is 0. The highest BCUT2D eigenvalue weighted by molar-refractivity contribution is 6.33. The van der Waals surface area contributed by atoms with Crippen molar-refractivity contribution in [3.8, 4) is 11.1 Å². The quantitative estimate of drug-likeness (QED) is 0.212. The van der Waals surface area contributed by atoms with Crippen LogP contribution in [-0.4, -0.2) is 7.85 Å². The van der Waals surface area contributed by atoms with Crippen molar-refractivity contribution in [2.24, 2.45) is 0 Å². The van der Waals surface area contributed by atoms with Gasteiger partial charge < -0.3 is 4.42 Å². The van der Waals surface area contributed by atoms with Crippen molar-refractivity contribution in [1.82, 2.24) is 0 Å². The molecule has 0 saturated carbocycles. The second kappa shape index (κ2) is 6.48. The van der Waals surface area contributed by atoms with Gasteiger partial charge in [-0.3, -0.25) is 0 Å². The summed E-state index contributed by atoms with van der Waals surface area (Å²) in [6.07, 6.45) is 0. The molecule has 0 aliphatic carbocycles. The van der Waals surface area contributed by atoms with Crippen LogP contribution in [0.2, 0.25) is 0 Å². The second-order valence-electron chi connectivity index (χ2n) is 8.66. The van der Waals surface area contributed by atoms with Gasteiger partial charge in [-0.2, -0.15) is 0 Å². The standard InChI is InChI=1S/C30H19BO/c31-20-11-14-27-26-13-10-19(16-29(26)32-30(27)17-20)18-9-12-25-23-7-2-1-5-21(23)22-6-3-4-8-24(22)28(25)15-18/h1-17H,31H2. The molecule has 0 saturated heterocycles. The zero-order chi connectivity index (χ0) is 21.2. The van der Waals surface area contributed by atoms with Crippen molar-refractivity contribution in [2.75, 3.05) is 0 Å². The maximum Gasteiger partial charge on any atom is 0.139 e. The lowest BCUT2D eigenvalue weighted by atomic mass is 9.92. The highest BCUT2D eigenvalue weighted by Gasteiger charge is 2.11. The molecule has 0 fully saturated rings. The summed E-state index contributed by atoms with van der Waals surface area (Å²) in [7, 11) is 2.10. The predicted molar refractivity (Wildman–Crippen MR) is 140 cm³/mol. The number of fused-ring (bicyclic) bond motifs is 9. The molecule has 6 aromatic carbocycles. The summed E-state index contributed by atoms with van der Waals surface area (Å²) in [6, 6.07) is 37.2. The SMILES string of the molecule is Bc1ccc2c(c1)oc1cc(-c3ccc4c5ccccc5c5ccccc5c4c3)ccc12. The third-order valence-electron chi connectivity index (χ3n) is 6.71. The van der Waals surface area contributed by atoms with Crippen molar-refractivity contribution in [1.29, 1.82) is 0 Å². The van der Waals surface area contributed by atoms with Gasteiger partial charge in [-0.1, -0.05) is 84.3 Å². The Bertz CT molecular complexity index is 1810. The van der Waals surface area contributed by atoms with Crippen molar-refractivity contribution in [3.05, 3.63) is 103 Å². The van der Waals surface area contributed by atoms with Gasteiger partial charge in [0, 0.05) is 10.8 Å². The number of furan rings is 1. The number of hydrogen-bond acceptors (Lipinski definition) is 1. The molecule has 7 rings (SSSR count). The number of rotatable bonds is 1. The first-order valence-corrected chi connectivity index (χ1v) is 11.0. The molecule has 1 nitrogen and oxygen atoms in total. The van der Waals surface area contributed by atoms with Crippen LogP contribution in [0.5, 0.6) is 0 Å². The molecule has 0 bridgehead atoms. The van der Waals surface area contributed by atoms with Crippen molar-refractivity contribution >= 4 is 67.6 Å². The van der Waals surface area contributed by atoms with Crippen LogP contribution in [0, 0.1) is 0 Å². The van der Waals surface area contributed by atoms with E-state index in [1.165, 1.54) is 59.7 Å².